The molecule has 71 heavy (non-hydrogen) atoms. The van der Waals surface area contributed by atoms with Crippen LogP contribution in [0.1, 0.15) is 28.7 Å². The third-order valence-corrected chi connectivity index (χ3v) is 17.5. The van der Waals surface area contributed by atoms with Crippen LogP contribution in [0.5, 0.6) is 0 Å². The van der Waals surface area contributed by atoms with Crippen LogP contribution < -0.4 is 10.4 Å². The zero-order valence-electron chi connectivity index (χ0n) is 39.9. The maximum Gasteiger partial charge on any atom is 0.0529 e. The Morgan fingerprint density at radius 3 is 1.51 bits per heavy atom. The Morgan fingerprint density at radius 2 is 0.831 bits per heavy atom. The molecule has 0 radical (unpaired) electrons. The van der Waals surface area contributed by atoms with Crippen molar-refractivity contribution in [2.75, 3.05) is 0 Å². The Labute approximate surface area is 419 Å². The van der Waals surface area contributed by atoms with E-state index in [-0.39, 0.29) is 35.0 Å². The van der Waals surface area contributed by atoms with Crippen LogP contribution in [0.4, 0.5) is 0 Å². The third-order valence-electron chi connectivity index (χ3n) is 17.5. The summed E-state index contributed by atoms with van der Waals surface area (Å²) in [6, 6.07) is 41.3. The molecular formula is C71H56. The van der Waals surface area contributed by atoms with Crippen molar-refractivity contribution in [2.24, 2.45) is 53.3 Å². The number of hydrogen-bond acceptors (Lipinski definition) is 0. The van der Waals surface area contributed by atoms with Crippen LogP contribution in [0.2, 0.25) is 0 Å². The molecule has 0 heteroatoms. The fourth-order valence-corrected chi connectivity index (χ4v) is 14.5. The zero-order valence-corrected chi connectivity index (χ0v) is 39.9. The SMILES string of the molecule is C1=CC2C=CC=C(C3=CC=C(C=CC4=CC=C(C5=c6ccccc6=C(C6=CC=C7c8ccccc8C(c8ccccc8)(c8ccccc8)C7C6)C6C=CC=CC56)C5C=CC=CC45)C4C=CC=CC34)C2C=C1. The molecular weight excluding hydrogens is 853 g/mol. The van der Waals surface area contributed by atoms with Crippen molar-refractivity contribution in [1.29, 1.82) is 0 Å². The summed E-state index contributed by atoms with van der Waals surface area (Å²) < 4.78 is 0. The smallest absolute Gasteiger partial charge is 0.0529 e. The van der Waals surface area contributed by atoms with E-state index in [9.17, 15) is 0 Å². The average molecular weight is 909 g/mol. The lowest BCUT2D eigenvalue weighted by molar-refractivity contribution is 0.476. The number of rotatable bonds is 7. The van der Waals surface area contributed by atoms with Crippen LogP contribution in [-0.2, 0) is 5.41 Å². The van der Waals surface area contributed by atoms with Gasteiger partial charge in [-0.1, -0.05) is 273 Å². The summed E-state index contributed by atoms with van der Waals surface area (Å²) in [5.41, 5.74) is 18.1. The molecule has 14 rings (SSSR count). The van der Waals surface area contributed by atoms with Gasteiger partial charge in [-0.25, -0.2) is 0 Å². The molecule has 0 N–H and O–H groups in total. The van der Waals surface area contributed by atoms with Gasteiger partial charge in [-0.2, -0.15) is 0 Å². The molecule has 0 fully saturated rings. The standard InChI is InChI=1S/C71H56/c1-3-22-51(23-4-1)71(52-24-5-2-6-25-52)67-37-18-17-31-60(67)61-44-42-50(46-68(61)71)69-62-32-13-15-34-64(62)70(65-35-16-14-33-63(65)69)66-45-41-49(55-28-10-12-30-58(55)66)39-38-48-40-43-59(56-29-11-9-27-54(48)56)57-36-19-21-47-20-7-8-26-53(47)57/h1-45,47,53-56,58,62,64,68H,46H2. The van der Waals surface area contributed by atoms with Gasteiger partial charge in [-0.3, -0.25) is 0 Å². The van der Waals surface area contributed by atoms with E-state index in [0.29, 0.717) is 23.7 Å². The van der Waals surface area contributed by atoms with Gasteiger partial charge in [0, 0.05) is 53.3 Å². The van der Waals surface area contributed by atoms with Crippen LogP contribution in [0, 0.1) is 53.3 Å². The molecule has 10 aliphatic rings. The molecule has 4 aromatic rings. The summed E-state index contributed by atoms with van der Waals surface area (Å²) in [5.74, 6) is 2.59. The predicted octanol–water partition coefficient (Wildman–Crippen LogP) is 14.6. The second-order valence-corrected chi connectivity index (χ2v) is 20.8. The largest absolute Gasteiger partial charge is 0.0767 e. The van der Waals surface area contributed by atoms with Crippen molar-refractivity contribution in [3.05, 3.63) is 339 Å². The monoisotopic (exact) mass is 908 g/mol. The van der Waals surface area contributed by atoms with Gasteiger partial charge in [-0.15, -0.1) is 0 Å². The van der Waals surface area contributed by atoms with E-state index in [1.54, 1.807) is 0 Å². The lowest BCUT2D eigenvalue weighted by atomic mass is 9.60. The molecule has 0 nitrogen and oxygen atoms in total. The van der Waals surface area contributed by atoms with Crippen molar-refractivity contribution < 1.29 is 0 Å². The van der Waals surface area contributed by atoms with Crippen LogP contribution in [0.3, 0.4) is 0 Å². The van der Waals surface area contributed by atoms with Gasteiger partial charge >= 0.3 is 0 Å². The maximum atomic E-state index is 2.51. The van der Waals surface area contributed by atoms with Crippen LogP contribution >= 0.6 is 0 Å². The van der Waals surface area contributed by atoms with Gasteiger partial charge in [0.25, 0.3) is 0 Å². The van der Waals surface area contributed by atoms with E-state index < -0.39 is 0 Å². The van der Waals surface area contributed by atoms with Gasteiger partial charge in [0.05, 0.1) is 5.41 Å². The quantitative estimate of drug-likeness (QED) is 0.173. The number of benzene rings is 4. The first-order valence-electron chi connectivity index (χ1n) is 26.0. The number of hydrogen-bond donors (Lipinski definition) is 0. The van der Waals surface area contributed by atoms with Crippen molar-refractivity contribution in [3.8, 4) is 0 Å². The topological polar surface area (TPSA) is 0 Å². The highest BCUT2D eigenvalue weighted by Crippen LogP contribution is 2.61. The van der Waals surface area contributed by atoms with Gasteiger partial charge in [-0.05, 0) is 89.3 Å². The second kappa shape index (κ2) is 17.3. The van der Waals surface area contributed by atoms with Gasteiger partial charge in [0.1, 0.15) is 0 Å². The Morgan fingerprint density at radius 1 is 0.352 bits per heavy atom. The summed E-state index contributed by atoms with van der Waals surface area (Å²) >= 11 is 0. The lowest BCUT2D eigenvalue weighted by Crippen LogP contribution is -2.42. The van der Waals surface area contributed by atoms with Crippen molar-refractivity contribution in [3.63, 3.8) is 0 Å². The van der Waals surface area contributed by atoms with Gasteiger partial charge in [0.15, 0.2) is 0 Å². The molecule has 340 valence electrons. The minimum absolute atomic E-state index is 0.211. The van der Waals surface area contributed by atoms with Crippen LogP contribution in [0.15, 0.2) is 307 Å². The molecule has 0 heterocycles. The summed E-state index contributed by atoms with van der Waals surface area (Å²) in [4.78, 5) is 0. The Balaban J connectivity index is 0.873. The molecule has 0 saturated heterocycles. The summed E-state index contributed by atoms with van der Waals surface area (Å²) in [7, 11) is 0. The maximum absolute atomic E-state index is 2.51. The predicted molar refractivity (Wildman–Crippen MR) is 296 cm³/mol. The van der Waals surface area contributed by atoms with E-state index in [1.165, 1.54) is 82.8 Å². The van der Waals surface area contributed by atoms with Crippen molar-refractivity contribution >= 4 is 16.7 Å². The molecule has 0 saturated carbocycles. The highest BCUT2D eigenvalue weighted by molar-refractivity contribution is 5.88. The molecule has 0 amide bonds. The molecule has 10 aliphatic carbocycles. The molecule has 0 aliphatic heterocycles. The summed E-state index contributed by atoms with van der Waals surface area (Å²) in [6.45, 7) is 0. The summed E-state index contributed by atoms with van der Waals surface area (Å²) in [6.07, 6.45) is 65.0. The van der Waals surface area contributed by atoms with E-state index in [2.05, 4.69) is 273 Å². The van der Waals surface area contributed by atoms with E-state index in [0.717, 1.165) is 6.42 Å². The molecule has 4 aromatic carbocycles. The minimum Gasteiger partial charge on any atom is -0.0767 e. The van der Waals surface area contributed by atoms with Crippen molar-refractivity contribution in [2.45, 2.75) is 11.8 Å². The fraction of sp³-hybridized carbons (Fsp3) is 0.155. The van der Waals surface area contributed by atoms with E-state index in [1.807, 2.05) is 0 Å². The highest BCUT2D eigenvalue weighted by atomic mass is 14.5. The van der Waals surface area contributed by atoms with Crippen LogP contribution in [-0.4, -0.2) is 0 Å². The first kappa shape index (κ1) is 42.1. The molecule has 0 spiro atoms. The Bertz CT molecular complexity index is 3540. The zero-order chi connectivity index (χ0) is 46.9. The lowest BCUT2D eigenvalue weighted by Gasteiger charge is -2.42. The summed E-state index contributed by atoms with van der Waals surface area (Å²) in [5, 5.41) is 2.75. The first-order chi connectivity index (χ1) is 35.3. The molecule has 9 atom stereocenters. The molecule has 0 bridgehead atoms. The first-order valence-corrected chi connectivity index (χ1v) is 26.0. The second-order valence-electron chi connectivity index (χ2n) is 20.8. The van der Waals surface area contributed by atoms with Gasteiger partial charge in [0.2, 0.25) is 0 Å². The molecule has 9 unspecified atom stereocenters. The third kappa shape index (κ3) is 6.64. The van der Waals surface area contributed by atoms with E-state index in [4.69, 9.17) is 0 Å². The number of fused-ring (bicyclic) bond motifs is 8. The minimum atomic E-state index is -0.322. The molecule has 0 aromatic heterocycles. The average Bonchev–Trinajstić information content (AvgIpc) is 3.74. The normalized spacial score (nSPS) is 29.6. The highest BCUT2D eigenvalue weighted by Gasteiger charge is 2.53. The fourth-order valence-electron chi connectivity index (χ4n) is 14.5. The van der Waals surface area contributed by atoms with Crippen molar-refractivity contribution in [1.82, 2.24) is 0 Å². The Kier molecular flexibility index (Phi) is 10.2. The van der Waals surface area contributed by atoms with E-state index >= 15 is 0 Å². The Hall–Kier alpha value is -7.80. The number of allylic oxidation sites excluding steroid dienone is 34. The van der Waals surface area contributed by atoms with Crippen LogP contribution in [0.25, 0.3) is 16.7 Å². The van der Waals surface area contributed by atoms with Gasteiger partial charge < -0.3 is 0 Å².